The molecule has 2 aromatic carbocycles. The lowest BCUT2D eigenvalue weighted by Crippen LogP contribution is -2.08. The monoisotopic (exact) mass is 367 g/mol. The van der Waals surface area contributed by atoms with Crippen LogP contribution in [0.25, 0.3) is 11.8 Å². The molecular formula is C20H18FN3O3. The summed E-state index contributed by atoms with van der Waals surface area (Å²) in [7, 11) is 3.10. The Hall–Kier alpha value is -3.61. The molecule has 0 aliphatic rings. The number of carbonyl (C=O) groups is 1. The van der Waals surface area contributed by atoms with Crippen molar-refractivity contribution in [2.24, 2.45) is 0 Å². The van der Waals surface area contributed by atoms with Gasteiger partial charge in [-0.05, 0) is 36.4 Å². The normalized spacial score (nSPS) is 10.8. The molecule has 6 nitrogen and oxygen atoms in total. The highest BCUT2D eigenvalue weighted by Crippen LogP contribution is 2.25. The third-order valence-corrected chi connectivity index (χ3v) is 3.85. The highest BCUT2D eigenvalue weighted by molar-refractivity contribution is 6.02. The lowest BCUT2D eigenvalue weighted by molar-refractivity contribution is -0.111. The number of benzene rings is 2. The average Bonchev–Trinajstić information content (AvgIpc) is 3.20. The summed E-state index contributed by atoms with van der Waals surface area (Å²) in [5.41, 5.74) is 1.42. The van der Waals surface area contributed by atoms with E-state index in [0.717, 1.165) is 5.56 Å². The lowest BCUT2D eigenvalue weighted by atomic mass is 10.1. The van der Waals surface area contributed by atoms with Gasteiger partial charge in [-0.2, -0.15) is 0 Å². The molecule has 0 spiro atoms. The van der Waals surface area contributed by atoms with Crippen molar-refractivity contribution in [3.05, 3.63) is 72.6 Å². The Bertz CT molecular complexity index is 969. The Balaban J connectivity index is 1.71. The van der Waals surface area contributed by atoms with Crippen molar-refractivity contribution in [1.82, 2.24) is 9.55 Å². The molecule has 1 heterocycles. The van der Waals surface area contributed by atoms with E-state index in [0.29, 0.717) is 22.9 Å². The van der Waals surface area contributed by atoms with E-state index in [-0.39, 0.29) is 5.91 Å². The summed E-state index contributed by atoms with van der Waals surface area (Å²) in [5, 5.41) is 2.63. The van der Waals surface area contributed by atoms with Gasteiger partial charge >= 0.3 is 0 Å². The number of methoxy groups -OCH3 is 2. The highest BCUT2D eigenvalue weighted by atomic mass is 19.1. The molecule has 0 radical (unpaired) electrons. The second-order valence-corrected chi connectivity index (χ2v) is 5.57. The minimum Gasteiger partial charge on any atom is -0.497 e. The van der Waals surface area contributed by atoms with Crippen molar-refractivity contribution in [2.45, 2.75) is 0 Å². The van der Waals surface area contributed by atoms with Gasteiger partial charge in [-0.3, -0.25) is 4.79 Å². The molecule has 0 unspecified atom stereocenters. The van der Waals surface area contributed by atoms with Crippen LogP contribution in [0.2, 0.25) is 0 Å². The predicted octanol–water partition coefficient (Wildman–Crippen LogP) is 3.68. The number of nitrogens with one attached hydrogen (secondary N) is 1. The fraction of sp³-hybridized carbons (Fsp3) is 0.100. The van der Waals surface area contributed by atoms with Gasteiger partial charge in [-0.25, -0.2) is 9.37 Å². The van der Waals surface area contributed by atoms with E-state index in [9.17, 15) is 9.18 Å². The van der Waals surface area contributed by atoms with Gasteiger partial charge < -0.3 is 19.4 Å². The zero-order valence-electron chi connectivity index (χ0n) is 14.8. The quantitative estimate of drug-likeness (QED) is 0.675. The molecule has 7 heteroatoms. The van der Waals surface area contributed by atoms with Gasteiger partial charge in [-0.15, -0.1) is 0 Å². The van der Waals surface area contributed by atoms with Crippen LogP contribution in [0.4, 0.5) is 10.1 Å². The molecule has 3 aromatic rings. The molecular weight excluding hydrogens is 349 g/mol. The van der Waals surface area contributed by atoms with E-state index in [1.807, 2.05) is 0 Å². The van der Waals surface area contributed by atoms with Gasteiger partial charge in [0.25, 0.3) is 0 Å². The first-order valence-electron chi connectivity index (χ1n) is 8.09. The maximum Gasteiger partial charge on any atom is 0.248 e. The van der Waals surface area contributed by atoms with Crippen molar-refractivity contribution in [3.63, 3.8) is 0 Å². The van der Waals surface area contributed by atoms with Crippen LogP contribution in [0.15, 0.2) is 61.2 Å². The number of rotatable bonds is 6. The van der Waals surface area contributed by atoms with Gasteiger partial charge in [-0.1, -0.05) is 0 Å². The Kier molecular flexibility index (Phi) is 5.51. The number of imidazole rings is 1. The number of amides is 1. The highest BCUT2D eigenvalue weighted by Gasteiger charge is 2.07. The molecule has 0 bridgehead atoms. The van der Waals surface area contributed by atoms with Crippen molar-refractivity contribution in [3.8, 4) is 17.2 Å². The van der Waals surface area contributed by atoms with Crippen LogP contribution in [0, 0.1) is 5.82 Å². The minimum atomic E-state index is -0.466. The standard InChI is InChI=1S/C20H18FN3O3/c1-26-16-6-3-14(19(12-16)27-2)4-8-20(25)23-15-5-7-18(17(21)11-15)24-10-9-22-13-24/h3-13H,1-2H3,(H,23,25)/b8-4+. The van der Waals surface area contributed by atoms with Gasteiger partial charge in [0.1, 0.15) is 17.3 Å². The topological polar surface area (TPSA) is 65.4 Å². The molecule has 0 aliphatic carbocycles. The van der Waals surface area contributed by atoms with Crippen molar-refractivity contribution in [1.29, 1.82) is 0 Å². The molecule has 0 saturated heterocycles. The Labute approximate surface area is 155 Å². The SMILES string of the molecule is COc1ccc(/C=C/C(=O)Nc2ccc(-n3ccnc3)c(F)c2)c(OC)c1. The predicted molar refractivity (Wildman–Crippen MR) is 101 cm³/mol. The first-order valence-corrected chi connectivity index (χ1v) is 8.09. The summed E-state index contributed by atoms with van der Waals surface area (Å²) in [6.45, 7) is 0. The van der Waals surface area contributed by atoms with Crippen molar-refractivity contribution < 1.29 is 18.7 Å². The molecule has 1 N–H and O–H groups in total. The Morgan fingerprint density at radius 1 is 1.19 bits per heavy atom. The smallest absolute Gasteiger partial charge is 0.248 e. The second-order valence-electron chi connectivity index (χ2n) is 5.57. The summed E-state index contributed by atoms with van der Waals surface area (Å²) >= 11 is 0. The van der Waals surface area contributed by atoms with Crippen LogP contribution in [-0.4, -0.2) is 29.7 Å². The molecule has 1 aromatic heterocycles. The number of carbonyl (C=O) groups excluding carboxylic acids is 1. The van der Waals surface area contributed by atoms with Crippen LogP contribution < -0.4 is 14.8 Å². The lowest BCUT2D eigenvalue weighted by Gasteiger charge is -2.08. The van der Waals surface area contributed by atoms with Crippen LogP contribution >= 0.6 is 0 Å². The molecule has 138 valence electrons. The zero-order chi connectivity index (χ0) is 19.2. The minimum absolute atomic E-state index is 0.351. The Morgan fingerprint density at radius 2 is 2.04 bits per heavy atom. The second kappa shape index (κ2) is 8.18. The molecule has 3 rings (SSSR count). The fourth-order valence-corrected chi connectivity index (χ4v) is 2.50. The molecule has 0 saturated carbocycles. The first-order chi connectivity index (χ1) is 13.1. The summed E-state index contributed by atoms with van der Waals surface area (Å²) in [6, 6.07) is 9.73. The molecule has 27 heavy (non-hydrogen) atoms. The van der Waals surface area contributed by atoms with E-state index in [4.69, 9.17) is 9.47 Å². The number of ether oxygens (including phenoxy) is 2. The van der Waals surface area contributed by atoms with Crippen LogP contribution in [-0.2, 0) is 4.79 Å². The third kappa shape index (κ3) is 4.33. The summed E-state index contributed by atoms with van der Waals surface area (Å²) < 4.78 is 26.2. The number of nitrogens with zero attached hydrogens (tertiary/aromatic N) is 2. The van der Waals surface area contributed by atoms with Crippen LogP contribution in [0.1, 0.15) is 5.56 Å². The largest absolute Gasteiger partial charge is 0.497 e. The van der Waals surface area contributed by atoms with Crippen molar-refractivity contribution >= 4 is 17.7 Å². The number of hydrogen-bond acceptors (Lipinski definition) is 4. The number of aromatic nitrogens is 2. The van der Waals surface area contributed by atoms with E-state index in [1.54, 1.807) is 60.5 Å². The molecule has 0 atom stereocenters. The van der Waals surface area contributed by atoms with Crippen LogP contribution in [0.5, 0.6) is 11.5 Å². The Morgan fingerprint density at radius 3 is 2.70 bits per heavy atom. The van der Waals surface area contributed by atoms with E-state index in [2.05, 4.69) is 10.3 Å². The molecule has 1 amide bonds. The first kappa shape index (κ1) is 18.2. The summed E-state index contributed by atoms with van der Waals surface area (Å²) in [6.07, 6.45) is 7.67. The van der Waals surface area contributed by atoms with E-state index >= 15 is 0 Å². The maximum atomic E-state index is 14.2. The maximum absolute atomic E-state index is 14.2. The van der Waals surface area contributed by atoms with Gasteiger partial charge in [0.05, 0.1) is 26.2 Å². The summed E-state index contributed by atoms with van der Waals surface area (Å²) in [4.78, 5) is 16.0. The van der Waals surface area contributed by atoms with Crippen molar-refractivity contribution in [2.75, 3.05) is 19.5 Å². The van der Waals surface area contributed by atoms with Crippen LogP contribution in [0.3, 0.4) is 0 Å². The molecule has 0 aliphatic heterocycles. The van der Waals surface area contributed by atoms with E-state index < -0.39 is 5.82 Å². The summed E-state index contributed by atoms with van der Waals surface area (Å²) in [5.74, 6) is 0.380. The van der Waals surface area contributed by atoms with Gasteiger partial charge in [0.2, 0.25) is 5.91 Å². The molecule has 0 fully saturated rings. The zero-order valence-corrected chi connectivity index (χ0v) is 14.8. The number of hydrogen-bond donors (Lipinski definition) is 1. The van der Waals surface area contributed by atoms with E-state index in [1.165, 1.54) is 25.6 Å². The fourth-order valence-electron chi connectivity index (χ4n) is 2.50. The number of anilines is 1. The van der Waals surface area contributed by atoms with Gasteiger partial charge in [0, 0.05) is 35.8 Å². The number of halogens is 1. The third-order valence-electron chi connectivity index (χ3n) is 3.85. The average molecular weight is 367 g/mol. The van der Waals surface area contributed by atoms with Gasteiger partial charge in [0.15, 0.2) is 0 Å².